The predicted molar refractivity (Wildman–Crippen MR) is 94.7 cm³/mol. The highest BCUT2D eigenvalue weighted by Gasteiger charge is 2.19. The van der Waals surface area contributed by atoms with Crippen LogP contribution in [0, 0.1) is 6.92 Å². The van der Waals surface area contributed by atoms with Gasteiger partial charge in [0.15, 0.2) is 0 Å². The smallest absolute Gasteiger partial charge is 0.230 e. The van der Waals surface area contributed by atoms with Crippen molar-refractivity contribution in [2.45, 2.75) is 44.5 Å². The van der Waals surface area contributed by atoms with Crippen molar-refractivity contribution in [3.63, 3.8) is 0 Å². The number of hydrogen-bond acceptors (Lipinski definition) is 4. The summed E-state index contributed by atoms with van der Waals surface area (Å²) in [6.45, 7) is 5.22. The second-order valence-electron chi connectivity index (χ2n) is 6.34. The van der Waals surface area contributed by atoms with Gasteiger partial charge in [0.2, 0.25) is 5.91 Å². The van der Waals surface area contributed by atoms with Crippen LogP contribution in [-0.4, -0.2) is 39.7 Å². The molecule has 23 heavy (non-hydrogen) atoms. The predicted octanol–water partition coefficient (Wildman–Crippen LogP) is 2.13. The zero-order chi connectivity index (χ0) is 16.2. The highest BCUT2D eigenvalue weighted by Crippen LogP contribution is 2.14. The summed E-state index contributed by atoms with van der Waals surface area (Å²) < 4.78 is 2.04. The number of amides is 1. The van der Waals surface area contributed by atoms with Crippen LogP contribution in [0.3, 0.4) is 0 Å². The zero-order valence-electron chi connectivity index (χ0n) is 13.7. The number of aromatic nitrogens is 2. The number of rotatable bonds is 5. The lowest BCUT2D eigenvalue weighted by Crippen LogP contribution is -2.47. The first-order valence-corrected chi connectivity index (χ1v) is 9.30. The molecule has 6 heteroatoms. The minimum absolute atomic E-state index is 0.133. The fraction of sp³-hybridized carbons (Fsp3) is 0.529. The number of hydrogen-bond donors (Lipinski definition) is 2. The second kappa shape index (κ2) is 7.36. The first-order valence-electron chi connectivity index (χ1n) is 8.15. The summed E-state index contributed by atoms with van der Waals surface area (Å²) in [6.07, 6.45) is 6.15. The Balaban J connectivity index is 1.45. The maximum absolute atomic E-state index is 12.0. The lowest BCUT2D eigenvalue weighted by atomic mass is 10.0. The number of carbonyl (C=O) groups excluding carboxylic acids is 1. The fourth-order valence-electron chi connectivity index (χ4n) is 3.01. The van der Waals surface area contributed by atoms with Gasteiger partial charge in [-0.3, -0.25) is 4.79 Å². The van der Waals surface area contributed by atoms with Gasteiger partial charge in [-0.05, 0) is 44.9 Å². The van der Waals surface area contributed by atoms with Crippen molar-refractivity contribution >= 4 is 23.3 Å². The topological polar surface area (TPSA) is 58.4 Å². The molecule has 0 saturated carbocycles. The molecule has 1 fully saturated rings. The molecule has 5 nitrogen and oxygen atoms in total. The van der Waals surface area contributed by atoms with E-state index >= 15 is 0 Å². The third kappa shape index (κ3) is 4.48. The van der Waals surface area contributed by atoms with Crippen LogP contribution in [0.5, 0.6) is 0 Å². The van der Waals surface area contributed by atoms with E-state index in [1.807, 2.05) is 16.7 Å². The number of thioether (sulfide) groups is 1. The zero-order valence-corrected chi connectivity index (χ0v) is 14.5. The minimum Gasteiger partial charge on any atom is -0.353 e. The Bertz CT molecular complexity index is 684. The maximum Gasteiger partial charge on any atom is 0.230 e. The molecule has 0 radical (unpaired) electrons. The summed E-state index contributed by atoms with van der Waals surface area (Å²) in [5.74, 6) is 1.39. The molecule has 1 amide bonds. The lowest BCUT2D eigenvalue weighted by molar-refractivity contribution is -0.119. The molecular weight excluding hydrogens is 308 g/mol. The molecule has 124 valence electrons. The summed E-state index contributed by atoms with van der Waals surface area (Å²) >= 11 is 1.62. The van der Waals surface area contributed by atoms with Crippen LogP contribution in [0.4, 0.5) is 0 Å². The third-order valence-electron chi connectivity index (χ3n) is 4.12. The van der Waals surface area contributed by atoms with Crippen molar-refractivity contribution in [1.82, 2.24) is 20.0 Å². The van der Waals surface area contributed by atoms with Gasteiger partial charge in [-0.1, -0.05) is 6.07 Å². The molecule has 1 aliphatic rings. The lowest BCUT2D eigenvalue weighted by Gasteiger charge is -2.28. The van der Waals surface area contributed by atoms with E-state index in [-0.39, 0.29) is 5.91 Å². The summed E-state index contributed by atoms with van der Waals surface area (Å²) in [5.41, 5.74) is 3.19. The van der Waals surface area contributed by atoms with Crippen LogP contribution in [0.2, 0.25) is 0 Å². The molecule has 2 atom stereocenters. The van der Waals surface area contributed by atoms with E-state index in [0.29, 0.717) is 17.8 Å². The molecule has 0 aromatic carbocycles. The molecule has 2 unspecified atom stereocenters. The van der Waals surface area contributed by atoms with Gasteiger partial charge < -0.3 is 15.0 Å². The van der Waals surface area contributed by atoms with E-state index in [4.69, 9.17) is 0 Å². The quantitative estimate of drug-likeness (QED) is 0.881. The van der Waals surface area contributed by atoms with Crippen molar-refractivity contribution in [2.75, 3.05) is 12.3 Å². The normalized spacial score (nSPS) is 21.5. The molecule has 1 saturated heterocycles. The number of carbonyl (C=O) groups is 1. The Kier molecular flexibility index (Phi) is 5.23. The molecular formula is C17H24N4OS. The molecule has 0 bridgehead atoms. The molecule has 2 aromatic heterocycles. The molecule has 2 aromatic rings. The van der Waals surface area contributed by atoms with Gasteiger partial charge in [0.1, 0.15) is 5.65 Å². The molecule has 0 spiro atoms. The number of nitrogens with one attached hydrogen (secondary N) is 2. The number of imidazole rings is 1. The van der Waals surface area contributed by atoms with Crippen molar-refractivity contribution in [3.05, 3.63) is 35.8 Å². The van der Waals surface area contributed by atoms with E-state index in [2.05, 4.69) is 41.7 Å². The molecule has 2 N–H and O–H groups in total. The maximum atomic E-state index is 12.0. The van der Waals surface area contributed by atoms with Crippen molar-refractivity contribution in [1.29, 1.82) is 0 Å². The molecule has 1 aliphatic heterocycles. The first kappa shape index (κ1) is 16.3. The number of aryl methyl sites for hydroxylation is 1. The van der Waals surface area contributed by atoms with Gasteiger partial charge in [0.05, 0.1) is 11.4 Å². The first-order chi connectivity index (χ1) is 11.1. The summed E-state index contributed by atoms with van der Waals surface area (Å²) in [7, 11) is 0. The van der Waals surface area contributed by atoms with Crippen LogP contribution >= 0.6 is 11.8 Å². The SMILES string of the molecule is Cc1ccc2nc(CSCC(=O)NC3CCNC(C)C3)cn2c1. The monoisotopic (exact) mass is 332 g/mol. The largest absolute Gasteiger partial charge is 0.353 e. The van der Waals surface area contributed by atoms with Crippen LogP contribution in [0.25, 0.3) is 5.65 Å². The third-order valence-corrected chi connectivity index (χ3v) is 5.09. The van der Waals surface area contributed by atoms with Crippen LogP contribution in [0.15, 0.2) is 24.5 Å². The van der Waals surface area contributed by atoms with Crippen molar-refractivity contribution in [3.8, 4) is 0 Å². The Morgan fingerprint density at radius 2 is 2.35 bits per heavy atom. The van der Waals surface area contributed by atoms with Crippen LogP contribution in [-0.2, 0) is 10.5 Å². The van der Waals surface area contributed by atoms with E-state index in [0.717, 1.165) is 36.5 Å². The number of fused-ring (bicyclic) bond motifs is 1. The second-order valence-corrected chi connectivity index (χ2v) is 7.33. The van der Waals surface area contributed by atoms with Gasteiger partial charge in [-0.2, -0.15) is 0 Å². The van der Waals surface area contributed by atoms with Crippen LogP contribution in [0.1, 0.15) is 31.0 Å². The highest BCUT2D eigenvalue weighted by molar-refractivity contribution is 7.99. The number of pyridine rings is 1. The summed E-state index contributed by atoms with van der Waals surface area (Å²) in [4.78, 5) is 16.6. The summed E-state index contributed by atoms with van der Waals surface area (Å²) in [6, 6.07) is 4.89. The standard InChI is InChI=1S/C17H24N4OS/c1-12-3-4-16-19-15(9-21(16)8-12)10-23-11-17(22)20-14-5-6-18-13(2)7-14/h3-4,8-9,13-14,18H,5-7,10-11H2,1-2H3,(H,20,22). The van der Waals surface area contributed by atoms with Gasteiger partial charge in [0, 0.05) is 30.2 Å². The Morgan fingerprint density at radius 3 is 3.17 bits per heavy atom. The Hall–Kier alpha value is -1.53. The van der Waals surface area contributed by atoms with Gasteiger partial charge in [0.25, 0.3) is 0 Å². The van der Waals surface area contributed by atoms with E-state index < -0.39 is 0 Å². The van der Waals surface area contributed by atoms with Gasteiger partial charge >= 0.3 is 0 Å². The number of nitrogens with zero attached hydrogens (tertiary/aromatic N) is 2. The average Bonchev–Trinajstić information content (AvgIpc) is 2.89. The Morgan fingerprint density at radius 1 is 1.48 bits per heavy atom. The van der Waals surface area contributed by atoms with E-state index in [1.165, 1.54) is 5.56 Å². The molecule has 3 heterocycles. The Labute approximate surface area is 141 Å². The van der Waals surface area contributed by atoms with Crippen molar-refractivity contribution in [2.24, 2.45) is 0 Å². The fourth-order valence-corrected chi connectivity index (χ4v) is 3.72. The number of piperidine rings is 1. The average molecular weight is 332 g/mol. The van der Waals surface area contributed by atoms with Gasteiger partial charge in [-0.15, -0.1) is 11.8 Å². The van der Waals surface area contributed by atoms with Crippen molar-refractivity contribution < 1.29 is 4.79 Å². The molecule has 0 aliphatic carbocycles. The minimum atomic E-state index is 0.133. The van der Waals surface area contributed by atoms with E-state index in [9.17, 15) is 4.79 Å². The summed E-state index contributed by atoms with van der Waals surface area (Å²) in [5, 5.41) is 6.54. The molecule has 3 rings (SSSR count). The van der Waals surface area contributed by atoms with Crippen LogP contribution < -0.4 is 10.6 Å². The highest BCUT2D eigenvalue weighted by atomic mass is 32.2. The van der Waals surface area contributed by atoms with E-state index in [1.54, 1.807) is 11.8 Å². The van der Waals surface area contributed by atoms with Gasteiger partial charge in [-0.25, -0.2) is 4.98 Å².